The van der Waals surface area contributed by atoms with E-state index in [4.69, 9.17) is 5.11 Å². The average Bonchev–Trinajstić information content (AvgIpc) is 2.18. The summed E-state index contributed by atoms with van der Waals surface area (Å²) in [7, 11) is 0. The van der Waals surface area contributed by atoms with E-state index in [2.05, 4.69) is 21.2 Å². The lowest BCUT2D eigenvalue weighted by atomic mass is 10.1. The van der Waals surface area contributed by atoms with Crippen LogP contribution in [0.2, 0.25) is 0 Å². The van der Waals surface area contributed by atoms with Crippen LogP contribution in [0.15, 0.2) is 22.7 Å². The number of carbonyl (C=O) groups is 1. The fourth-order valence-corrected chi connectivity index (χ4v) is 1.65. The summed E-state index contributed by atoms with van der Waals surface area (Å²) in [6.45, 7) is 2.23. The van der Waals surface area contributed by atoms with Crippen molar-refractivity contribution in [2.45, 2.75) is 13.3 Å². The summed E-state index contributed by atoms with van der Waals surface area (Å²) in [6, 6.07) is 4.60. The molecule has 1 unspecified atom stereocenters. The molecule has 0 saturated heterocycles. The Bertz CT molecular complexity index is 384. The van der Waals surface area contributed by atoms with Gasteiger partial charge in [-0.1, -0.05) is 22.9 Å². The highest BCUT2D eigenvalue weighted by Gasteiger charge is 2.08. The minimum atomic E-state index is -0.844. The number of carboxylic acid groups (broad SMARTS) is 1. The maximum absolute atomic E-state index is 13.3. The van der Waals surface area contributed by atoms with E-state index in [1.807, 2.05) is 0 Å². The smallest absolute Gasteiger partial charge is 0.303 e. The van der Waals surface area contributed by atoms with E-state index in [-0.39, 0.29) is 18.2 Å². The summed E-state index contributed by atoms with van der Waals surface area (Å²) in [5, 5.41) is 11.5. The van der Waals surface area contributed by atoms with Gasteiger partial charge >= 0.3 is 5.97 Å². The molecule has 88 valence electrons. The second-order valence-electron chi connectivity index (χ2n) is 3.71. The van der Waals surface area contributed by atoms with Crippen molar-refractivity contribution in [2.24, 2.45) is 5.92 Å². The minimum Gasteiger partial charge on any atom is -0.481 e. The number of aliphatic carboxylic acids is 1. The van der Waals surface area contributed by atoms with Crippen LogP contribution in [0, 0.1) is 11.7 Å². The predicted molar refractivity (Wildman–Crippen MR) is 64.0 cm³/mol. The molecule has 1 atom stereocenters. The monoisotopic (exact) mass is 289 g/mol. The zero-order chi connectivity index (χ0) is 12.1. The number of benzene rings is 1. The molecule has 5 heteroatoms. The molecule has 0 amide bonds. The highest BCUT2D eigenvalue weighted by Crippen LogP contribution is 2.20. The van der Waals surface area contributed by atoms with Crippen LogP contribution < -0.4 is 5.32 Å². The highest BCUT2D eigenvalue weighted by atomic mass is 79.9. The minimum absolute atomic E-state index is 0.0455. The topological polar surface area (TPSA) is 49.3 Å². The first kappa shape index (κ1) is 13.0. The van der Waals surface area contributed by atoms with Gasteiger partial charge in [-0.25, -0.2) is 4.39 Å². The molecule has 1 aromatic carbocycles. The van der Waals surface area contributed by atoms with E-state index in [1.165, 1.54) is 6.07 Å². The van der Waals surface area contributed by atoms with Gasteiger partial charge in [0.25, 0.3) is 0 Å². The Hall–Kier alpha value is -1.10. The molecule has 0 aliphatic carbocycles. The molecule has 1 rings (SSSR count). The maximum Gasteiger partial charge on any atom is 0.303 e. The molecule has 0 aromatic heterocycles. The van der Waals surface area contributed by atoms with Gasteiger partial charge < -0.3 is 10.4 Å². The highest BCUT2D eigenvalue weighted by molar-refractivity contribution is 9.10. The standard InChI is InChI=1S/C11H13BrFNO2/c1-7(4-11(15)16)6-14-10-5-8(12)2-3-9(10)13/h2-3,5,7,14H,4,6H2,1H3,(H,15,16). The van der Waals surface area contributed by atoms with Crippen LogP contribution >= 0.6 is 15.9 Å². The predicted octanol–water partition coefficient (Wildman–Crippen LogP) is 3.11. The molecule has 3 nitrogen and oxygen atoms in total. The first-order valence-corrected chi connectivity index (χ1v) is 5.69. The van der Waals surface area contributed by atoms with Crippen LogP contribution in [0.1, 0.15) is 13.3 Å². The zero-order valence-corrected chi connectivity index (χ0v) is 10.4. The van der Waals surface area contributed by atoms with Gasteiger partial charge in [-0.2, -0.15) is 0 Å². The van der Waals surface area contributed by atoms with Crippen LogP contribution in [0.5, 0.6) is 0 Å². The third-order valence-electron chi connectivity index (χ3n) is 2.09. The van der Waals surface area contributed by atoms with Crippen LogP contribution in [0.4, 0.5) is 10.1 Å². The Kier molecular flexibility index (Phi) is 4.73. The van der Waals surface area contributed by atoms with E-state index < -0.39 is 5.97 Å². The van der Waals surface area contributed by atoms with E-state index >= 15 is 0 Å². The quantitative estimate of drug-likeness (QED) is 0.876. The Labute approximate surface area is 102 Å². The second-order valence-corrected chi connectivity index (χ2v) is 4.62. The molecule has 0 aliphatic heterocycles. The Morgan fingerprint density at radius 2 is 2.31 bits per heavy atom. The zero-order valence-electron chi connectivity index (χ0n) is 8.84. The summed E-state index contributed by atoms with van der Waals surface area (Å²) >= 11 is 3.24. The SMILES string of the molecule is CC(CNc1cc(Br)ccc1F)CC(=O)O. The van der Waals surface area contributed by atoms with Gasteiger partial charge in [0.2, 0.25) is 0 Å². The molecule has 0 saturated carbocycles. The normalized spacial score (nSPS) is 12.2. The van der Waals surface area contributed by atoms with Crippen molar-refractivity contribution in [3.05, 3.63) is 28.5 Å². The van der Waals surface area contributed by atoms with Crippen LogP contribution in [-0.2, 0) is 4.79 Å². The van der Waals surface area contributed by atoms with Crippen LogP contribution in [-0.4, -0.2) is 17.6 Å². The Morgan fingerprint density at radius 1 is 1.62 bits per heavy atom. The van der Waals surface area contributed by atoms with Gasteiger partial charge in [-0.05, 0) is 24.1 Å². The summed E-state index contributed by atoms with van der Waals surface area (Å²) in [5.74, 6) is -1.23. The molecule has 0 bridgehead atoms. The van der Waals surface area contributed by atoms with Crippen molar-refractivity contribution in [1.82, 2.24) is 0 Å². The Balaban J connectivity index is 2.54. The van der Waals surface area contributed by atoms with Crippen molar-refractivity contribution in [2.75, 3.05) is 11.9 Å². The average molecular weight is 290 g/mol. The van der Waals surface area contributed by atoms with Gasteiger partial charge in [0.15, 0.2) is 0 Å². The molecule has 0 radical (unpaired) electrons. The molecule has 16 heavy (non-hydrogen) atoms. The van der Waals surface area contributed by atoms with E-state index in [0.29, 0.717) is 12.2 Å². The van der Waals surface area contributed by atoms with E-state index in [0.717, 1.165) is 4.47 Å². The molecule has 0 fully saturated rings. The number of carboxylic acids is 1. The lowest BCUT2D eigenvalue weighted by Gasteiger charge is -2.12. The Morgan fingerprint density at radius 3 is 2.94 bits per heavy atom. The fourth-order valence-electron chi connectivity index (χ4n) is 1.29. The van der Waals surface area contributed by atoms with Gasteiger partial charge in [0.05, 0.1) is 5.69 Å². The molecule has 1 aromatic rings. The molecular formula is C11H13BrFNO2. The summed E-state index contributed by atoms with van der Waals surface area (Å²) in [5.41, 5.74) is 0.381. The molecule has 2 N–H and O–H groups in total. The van der Waals surface area contributed by atoms with Crippen LogP contribution in [0.3, 0.4) is 0 Å². The molecule has 0 aliphatic rings. The first-order chi connectivity index (χ1) is 7.49. The van der Waals surface area contributed by atoms with Crippen molar-refractivity contribution in [3.63, 3.8) is 0 Å². The maximum atomic E-state index is 13.3. The fraction of sp³-hybridized carbons (Fsp3) is 0.364. The number of hydrogen-bond donors (Lipinski definition) is 2. The van der Waals surface area contributed by atoms with E-state index in [9.17, 15) is 9.18 Å². The lowest BCUT2D eigenvalue weighted by molar-refractivity contribution is -0.137. The second kappa shape index (κ2) is 5.84. The number of nitrogens with one attached hydrogen (secondary N) is 1. The largest absolute Gasteiger partial charge is 0.481 e. The first-order valence-electron chi connectivity index (χ1n) is 4.89. The van der Waals surface area contributed by atoms with Gasteiger partial charge in [-0.3, -0.25) is 4.79 Å². The summed E-state index contributed by atoms with van der Waals surface area (Å²) in [4.78, 5) is 10.4. The lowest BCUT2D eigenvalue weighted by Crippen LogP contribution is -2.15. The number of halogens is 2. The van der Waals surface area contributed by atoms with Crippen molar-refractivity contribution in [3.8, 4) is 0 Å². The van der Waals surface area contributed by atoms with Crippen molar-refractivity contribution in [1.29, 1.82) is 0 Å². The van der Waals surface area contributed by atoms with Gasteiger partial charge in [0.1, 0.15) is 5.82 Å². The van der Waals surface area contributed by atoms with E-state index in [1.54, 1.807) is 19.1 Å². The van der Waals surface area contributed by atoms with Crippen molar-refractivity contribution < 1.29 is 14.3 Å². The number of rotatable bonds is 5. The number of hydrogen-bond acceptors (Lipinski definition) is 2. The molecule has 0 spiro atoms. The van der Waals surface area contributed by atoms with Gasteiger partial charge in [0, 0.05) is 17.4 Å². The molecule has 0 heterocycles. The van der Waals surface area contributed by atoms with Gasteiger partial charge in [-0.15, -0.1) is 0 Å². The van der Waals surface area contributed by atoms with Crippen molar-refractivity contribution >= 4 is 27.6 Å². The molecular weight excluding hydrogens is 277 g/mol. The third kappa shape index (κ3) is 4.18. The summed E-state index contributed by atoms with van der Waals surface area (Å²) in [6.07, 6.45) is 0.0720. The number of anilines is 1. The third-order valence-corrected chi connectivity index (χ3v) is 2.59. The summed E-state index contributed by atoms with van der Waals surface area (Å²) < 4.78 is 14.1. The van der Waals surface area contributed by atoms with Crippen LogP contribution in [0.25, 0.3) is 0 Å².